The quantitative estimate of drug-likeness (QED) is 0.179. The van der Waals surface area contributed by atoms with Gasteiger partial charge < -0.3 is 15.6 Å². The summed E-state index contributed by atoms with van der Waals surface area (Å²) in [5.41, 5.74) is 8.27. The second kappa shape index (κ2) is 10.6. The predicted molar refractivity (Wildman–Crippen MR) is 161 cm³/mol. The van der Waals surface area contributed by atoms with Gasteiger partial charge in [-0.2, -0.15) is 5.10 Å². The number of allylic oxidation sites excluding steroid dienone is 1. The van der Waals surface area contributed by atoms with Gasteiger partial charge >= 0.3 is 0 Å². The minimum Gasteiger partial charge on any atom is -0.358 e. The van der Waals surface area contributed by atoms with Crippen LogP contribution >= 0.6 is 0 Å². The van der Waals surface area contributed by atoms with E-state index in [1.807, 2.05) is 30.6 Å². The van der Waals surface area contributed by atoms with Crippen molar-refractivity contribution >= 4 is 27.6 Å². The van der Waals surface area contributed by atoms with Crippen molar-refractivity contribution in [1.82, 2.24) is 35.5 Å². The lowest BCUT2D eigenvalue weighted by molar-refractivity contribution is 0.373. The molecule has 1 aliphatic rings. The van der Waals surface area contributed by atoms with Gasteiger partial charge in [0.1, 0.15) is 17.0 Å². The molecule has 9 heteroatoms. The topological polar surface area (TPSA) is 107 Å². The SMILES string of the molecule is C=C(CC1CCNCC1)Nc1cncc(-c2ccc3[nH]nc(-c4nc5c(-c6cccc(F)c6)nccc5[nH]4)c3c2)c1. The molecule has 41 heavy (non-hydrogen) atoms. The fourth-order valence-electron chi connectivity index (χ4n) is 5.62. The summed E-state index contributed by atoms with van der Waals surface area (Å²) in [5.74, 6) is 0.952. The number of aromatic amines is 2. The number of aromatic nitrogens is 6. The molecule has 1 fully saturated rings. The summed E-state index contributed by atoms with van der Waals surface area (Å²) in [5, 5.41) is 15.5. The van der Waals surface area contributed by atoms with Crippen molar-refractivity contribution in [3.05, 3.63) is 91.3 Å². The zero-order valence-electron chi connectivity index (χ0n) is 22.4. The number of benzene rings is 2. The van der Waals surface area contributed by atoms with Crippen molar-refractivity contribution in [3.8, 4) is 33.9 Å². The average Bonchev–Trinajstić information content (AvgIpc) is 3.61. The largest absolute Gasteiger partial charge is 0.358 e. The summed E-state index contributed by atoms with van der Waals surface area (Å²) < 4.78 is 13.9. The van der Waals surface area contributed by atoms with Crippen molar-refractivity contribution in [1.29, 1.82) is 0 Å². The number of halogens is 1. The number of H-pyrrole nitrogens is 2. The Morgan fingerprint density at radius 3 is 2.73 bits per heavy atom. The monoisotopic (exact) mass is 544 g/mol. The van der Waals surface area contributed by atoms with Gasteiger partial charge in [-0.3, -0.25) is 15.1 Å². The number of anilines is 1. The van der Waals surface area contributed by atoms with E-state index >= 15 is 0 Å². The van der Waals surface area contributed by atoms with Gasteiger partial charge in [-0.05, 0) is 80.2 Å². The smallest absolute Gasteiger partial charge is 0.159 e. The maximum atomic E-state index is 13.9. The third kappa shape index (κ3) is 5.07. The lowest BCUT2D eigenvalue weighted by atomic mass is 9.93. The molecule has 0 bridgehead atoms. The molecular formula is C32H29FN8. The predicted octanol–water partition coefficient (Wildman–Crippen LogP) is 6.68. The molecule has 0 spiro atoms. The van der Waals surface area contributed by atoms with Gasteiger partial charge in [0, 0.05) is 34.6 Å². The molecule has 0 saturated carbocycles. The van der Waals surface area contributed by atoms with E-state index in [0.717, 1.165) is 58.4 Å². The number of piperidine rings is 1. The zero-order valence-corrected chi connectivity index (χ0v) is 22.4. The first-order valence-electron chi connectivity index (χ1n) is 13.8. The van der Waals surface area contributed by atoms with Crippen molar-refractivity contribution in [3.63, 3.8) is 0 Å². The van der Waals surface area contributed by atoms with E-state index in [1.165, 1.54) is 25.0 Å². The highest BCUT2D eigenvalue weighted by Crippen LogP contribution is 2.33. The molecule has 6 aromatic rings. The van der Waals surface area contributed by atoms with Crippen molar-refractivity contribution < 1.29 is 4.39 Å². The average molecular weight is 545 g/mol. The molecule has 8 nitrogen and oxygen atoms in total. The molecule has 4 N–H and O–H groups in total. The van der Waals surface area contributed by atoms with Crippen LogP contribution in [-0.4, -0.2) is 43.2 Å². The highest BCUT2D eigenvalue weighted by Gasteiger charge is 2.17. The first kappa shape index (κ1) is 25.1. The van der Waals surface area contributed by atoms with Crippen LogP contribution in [0.15, 0.2) is 85.5 Å². The molecule has 0 atom stereocenters. The normalized spacial score (nSPS) is 14.1. The van der Waals surface area contributed by atoms with Gasteiger partial charge in [0.05, 0.1) is 28.6 Å². The molecule has 4 aromatic heterocycles. The lowest BCUT2D eigenvalue weighted by Crippen LogP contribution is -2.28. The van der Waals surface area contributed by atoms with Crippen LogP contribution in [0.5, 0.6) is 0 Å². The van der Waals surface area contributed by atoms with Crippen molar-refractivity contribution in [2.45, 2.75) is 19.3 Å². The van der Waals surface area contributed by atoms with E-state index in [9.17, 15) is 4.39 Å². The van der Waals surface area contributed by atoms with Crippen LogP contribution in [-0.2, 0) is 0 Å². The molecule has 0 amide bonds. The summed E-state index contributed by atoms with van der Waals surface area (Å²) in [6, 6.07) is 16.5. The van der Waals surface area contributed by atoms with E-state index < -0.39 is 0 Å². The fourth-order valence-corrected chi connectivity index (χ4v) is 5.62. The Labute approximate surface area is 236 Å². The van der Waals surface area contributed by atoms with E-state index in [-0.39, 0.29) is 5.82 Å². The lowest BCUT2D eigenvalue weighted by Gasteiger charge is -2.23. The number of fused-ring (bicyclic) bond motifs is 2. The first-order valence-corrected chi connectivity index (χ1v) is 13.8. The Morgan fingerprint density at radius 2 is 1.85 bits per heavy atom. The van der Waals surface area contributed by atoms with Crippen LogP contribution in [0.2, 0.25) is 0 Å². The summed E-state index contributed by atoms with van der Waals surface area (Å²) in [6.07, 6.45) is 8.71. The fraction of sp³-hybridized carbons (Fsp3) is 0.188. The van der Waals surface area contributed by atoms with E-state index in [1.54, 1.807) is 12.3 Å². The van der Waals surface area contributed by atoms with Crippen LogP contribution in [0, 0.1) is 11.7 Å². The van der Waals surface area contributed by atoms with E-state index in [4.69, 9.17) is 4.98 Å². The molecule has 204 valence electrons. The second-order valence-corrected chi connectivity index (χ2v) is 10.6. The summed E-state index contributed by atoms with van der Waals surface area (Å²) in [4.78, 5) is 17.2. The molecule has 2 aromatic carbocycles. The number of rotatable bonds is 7. The maximum Gasteiger partial charge on any atom is 0.159 e. The summed E-state index contributed by atoms with van der Waals surface area (Å²) >= 11 is 0. The molecule has 1 aliphatic heterocycles. The second-order valence-electron chi connectivity index (χ2n) is 10.6. The van der Waals surface area contributed by atoms with Crippen LogP contribution in [0.4, 0.5) is 10.1 Å². The minimum atomic E-state index is -0.317. The number of pyridine rings is 2. The number of hydrogen-bond donors (Lipinski definition) is 4. The summed E-state index contributed by atoms with van der Waals surface area (Å²) in [7, 11) is 0. The third-order valence-corrected chi connectivity index (χ3v) is 7.67. The Bertz CT molecular complexity index is 1880. The van der Waals surface area contributed by atoms with Crippen molar-refractivity contribution in [2.75, 3.05) is 18.4 Å². The number of hydrogen-bond acceptors (Lipinski definition) is 6. The molecule has 7 rings (SSSR count). The Balaban J connectivity index is 1.19. The number of nitrogens with zero attached hydrogens (tertiary/aromatic N) is 4. The van der Waals surface area contributed by atoms with Gasteiger partial charge in [0.25, 0.3) is 0 Å². The van der Waals surface area contributed by atoms with Crippen LogP contribution in [0.1, 0.15) is 19.3 Å². The standard InChI is InChI=1S/C32H29FN8/c1-19(13-20-7-10-34-11-8-20)37-25-15-23(17-35-18-25)21-5-6-27-26(16-21)30(41-40-27)32-38-28-9-12-36-29(31(28)39-32)22-3-2-4-24(33)14-22/h2-6,9,12,14-18,20,34,37H,1,7-8,10-11,13H2,(H,38,39)(H,40,41). The van der Waals surface area contributed by atoms with E-state index in [0.29, 0.717) is 34.2 Å². The van der Waals surface area contributed by atoms with Gasteiger partial charge in [0.2, 0.25) is 0 Å². The zero-order chi connectivity index (χ0) is 27.8. The van der Waals surface area contributed by atoms with Gasteiger partial charge in [-0.1, -0.05) is 24.8 Å². The first-order chi connectivity index (χ1) is 20.1. The molecule has 1 saturated heterocycles. The van der Waals surface area contributed by atoms with Crippen LogP contribution in [0.25, 0.3) is 55.8 Å². The van der Waals surface area contributed by atoms with Gasteiger partial charge in [-0.25, -0.2) is 9.37 Å². The highest BCUT2D eigenvalue weighted by atomic mass is 19.1. The molecule has 0 radical (unpaired) electrons. The molecule has 0 unspecified atom stereocenters. The summed E-state index contributed by atoms with van der Waals surface area (Å²) in [6.45, 7) is 6.42. The number of nitrogens with one attached hydrogen (secondary N) is 4. The van der Waals surface area contributed by atoms with Crippen LogP contribution < -0.4 is 10.6 Å². The van der Waals surface area contributed by atoms with Crippen molar-refractivity contribution in [2.24, 2.45) is 5.92 Å². The molecular weight excluding hydrogens is 515 g/mol. The number of imidazole rings is 1. The molecule has 0 aliphatic carbocycles. The van der Waals surface area contributed by atoms with Crippen LogP contribution in [0.3, 0.4) is 0 Å². The highest BCUT2D eigenvalue weighted by molar-refractivity contribution is 5.97. The Hall–Kier alpha value is -4.89. The third-order valence-electron chi connectivity index (χ3n) is 7.67. The molecule has 5 heterocycles. The maximum absolute atomic E-state index is 13.9. The van der Waals surface area contributed by atoms with Gasteiger partial charge in [-0.15, -0.1) is 0 Å². The Morgan fingerprint density at radius 1 is 0.951 bits per heavy atom. The minimum absolute atomic E-state index is 0.317. The van der Waals surface area contributed by atoms with Gasteiger partial charge in [0.15, 0.2) is 5.82 Å². The Kier molecular flexibility index (Phi) is 6.48. The van der Waals surface area contributed by atoms with E-state index in [2.05, 4.69) is 60.6 Å².